The van der Waals surface area contributed by atoms with E-state index < -0.39 is 18.2 Å². The van der Waals surface area contributed by atoms with Crippen molar-refractivity contribution in [2.24, 2.45) is 0 Å². The molecule has 38 heavy (non-hydrogen) atoms. The molecule has 206 valence electrons. The second kappa shape index (κ2) is 13.6. The minimum absolute atomic E-state index is 0.144. The zero-order valence-corrected chi connectivity index (χ0v) is 22.6. The van der Waals surface area contributed by atoms with Gasteiger partial charge in [0.25, 0.3) is 0 Å². The Kier molecular flexibility index (Phi) is 10.3. The van der Waals surface area contributed by atoms with Gasteiger partial charge in [0.15, 0.2) is 28.9 Å². The van der Waals surface area contributed by atoms with E-state index in [1.165, 1.54) is 26.6 Å². The van der Waals surface area contributed by atoms with Crippen molar-refractivity contribution >= 4 is 23.0 Å². The van der Waals surface area contributed by atoms with Gasteiger partial charge < -0.3 is 35.1 Å². The third kappa shape index (κ3) is 6.71. The number of ether oxygens (including phenoxy) is 3. The van der Waals surface area contributed by atoms with E-state index in [1.807, 2.05) is 32.0 Å². The number of nitrogens with zero attached hydrogens (tertiary/aromatic N) is 4. The molecule has 3 N–H and O–H groups in total. The van der Waals surface area contributed by atoms with Crippen molar-refractivity contribution in [1.29, 1.82) is 0 Å². The quantitative estimate of drug-likeness (QED) is 0.377. The number of hydrogen-bond acceptors (Lipinski definition) is 9. The Morgan fingerprint density at radius 2 is 1.55 bits per heavy atom. The minimum atomic E-state index is -0.860. The first-order valence-corrected chi connectivity index (χ1v) is 12.6. The first-order valence-electron chi connectivity index (χ1n) is 12.6. The van der Waals surface area contributed by atoms with Gasteiger partial charge in [-0.15, -0.1) is 0 Å². The van der Waals surface area contributed by atoms with E-state index >= 15 is 0 Å². The van der Waals surface area contributed by atoms with E-state index in [0.29, 0.717) is 17.3 Å². The Morgan fingerprint density at radius 1 is 0.947 bits per heavy atom. The van der Waals surface area contributed by atoms with Crippen LogP contribution < -0.4 is 30.2 Å². The van der Waals surface area contributed by atoms with Gasteiger partial charge >= 0.3 is 0 Å². The summed E-state index contributed by atoms with van der Waals surface area (Å²) >= 11 is 0. The molecule has 2 aromatic carbocycles. The predicted molar refractivity (Wildman–Crippen MR) is 146 cm³/mol. The number of methoxy groups -OCH3 is 2. The van der Waals surface area contributed by atoms with Crippen molar-refractivity contribution < 1.29 is 23.0 Å². The number of hydrogen-bond donors (Lipinski definition) is 2. The summed E-state index contributed by atoms with van der Waals surface area (Å²) in [6, 6.07) is 6.99. The van der Waals surface area contributed by atoms with Crippen LogP contribution in [0.5, 0.6) is 17.2 Å². The van der Waals surface area contributed by atoms with E-state index in [4.69, 9.17) is 19.9 Å². The monoisotopic (exact) mass is 530 g/mol. The summed E-state index contributed by atoms with van der Waals surface area (Å²) in [4.78, 5) is 13.2. The molecule has 0 radical (unpaired) electrons. The molecule has 4 rings (SSSR count). The van der Waals surface area contributed by atoms with E-state index in [-0.39, 0.29) is 22.8 Å². The lowest BCUT2D eigenvalue weighted by Crippen LogP contribution is -2.46. The molecule has 9 nitrogen and oxygen atoms in total. The van der Waals surface area contributed by atoms with E-state index in [9.17, 15) is 8.78 Å². The molecule has 1 aliphatic rings. The lowest BCUT2D eigenvalue weighted by Gasteiger charge is -2.35. The standard InChI is InChI=1S/C25H30F2N6O3.C2H6/c1-4-32-7-9-33(10-8-32)16-5-6-20(19(28)11-16)31-25-29-13-17(14-30-25)36-15-18-23(26)21(34-2)12-22(35-3)24(18)27;1-2/h5-6,11-14H,4,7-10,15,28H2,1-3H3,(H,29,30,31);1-2H3. The molecule has 3 aromatic rings. The molecule has 0 amide bonds. The highest BCUT2D eigenvalue weighted by molar-refractivity contribution is 5.75. The number of benzene rings is 2. The highest BCUT2D eigenvalue weighted by Crippen LogP contribution is 2.32. The minimum Gasteiger partial charge on any atom is -0.494 e. The molecule has 0 spiro atoms. The summed E-state index contributed by atoms with van der Waals surface area (Å²) in [6.07, 6.45) is 2.81. The Hall–Kier alpha value is -3.86. The zero-order valence-electron chi connectivity index (χ0n) is 22.6. The largest absolute Gasteiger partial charge is 0.494 e. The number of halogens is 2. The average molecular weight is 531 g/mol. The fourth-order valence-corrected chi connectivity index (χ4v) is 3.98. The Labute approximate surface area is 222 Å². The van der Waals surface area contributed by atoms with Crippen LogP contribution in [0.2, 0.25) is 0 Å². The highest BCUT2D eigenvalue weighted by Gasteiger charge is 2.21. The molecular weight excluding hydrogens is 494 g/mol. The Bertz CT molecular complexity index is 1160. The van der Waals surface area contributed by atoms with Crippen molar-refractivity contribution in [3.8, 4) is 17.2 Å². The fraction of sp³-hybridized carbons (Fsp3) is 0.407. The van der Waals surface area contributed by atoms with Crippen LogP contribution in [0.3, 0.4) is 0 Å². The van der Waals surface area contributed by atoms with Crippen LogP contribution in [-0.4, -0.2) is 61.8 Å². The van der Waals surface area contributed by atoms with Crippen LogP contribution in [0.4, 0.5) is 31.8 Å². The maximum Gasteiger partial charge on any atom is 0.227 e. The summed E-state index contributed by atoms with van der Waals surface area (Å²) in [5, 5.41) is 3.09. The first kappa shape index (κ1) is 28.7. The van der Waals surface area contributed by atoms with Crippen molar-refractivity contribution in [1.82, 2.24) is 14.9 Å². The molecule has 11 heteroatoms. The van der Waals surface area contributed by atoms with Gasteiger partial charge in [-0.25, -0.2) is 18.7 Å². The van der Waals surface area contributed by atoms with Gasteiger partial charge in [-0.2, -0.15) is 0 Å². The van der Waals surface area contributed by atoms with Crippen LogP contribution in [0.15, 0.2) is 36.7 Å². The highest BCUT2D eigenvalue weighted by atomic mass is 19.1. The van der Waals surface area contributed by atoms with E-state index in [0.717, 1.165) is 44.5 Å². The molecule has 1 fully saturated rings. The van der Waals surface area contributed by atoms with Crippen molar-refractivity contribution in [2.45, 2.75) is 27.4 Å². The summed E-state index contributed by atoms with van der Waals surface area (Å²) in [5.74, 6) is -1.47. The fourth-order valence-electron chi connectivity index (χ4n) is 3.98. The maximum atomic E-state index is 14.5. The number of piperazine rings is 1. The number of likely N-dealkylation sites (N-methyl/N-ethyl adjacent to an activating group) is 1. The van der Waals surface area contributed by atoms with Crippen LogP contribution in [0.25, 0.3) is 0 Å². The Balaban J connectivity index is 0.00000195. The smallest absolute Gasteiger partial charge is 0.227 e. The van der Waals surface area contributed by atoms with Gasteiger partial charge in [-0.1, -0.05) is 20.8 Å². The third-order valence-corrected chi connectivity index (χ3v) is 6.14. The maximum absolute atomic E-state index is 14.5. The average Bonchev–Trinajstić information content (AvgIpc) is 2.96. The molecule has 0 saturated carbocycles. The summed E-state index contributed by atoms with van der Waals surface area (Å²) in [6.45, 7) is 10.8. The van der Waals surface area contributed by atoms with Crippen LogP contribution in [0.1, 0.15) is 26.3 Å². The molecule has 1 saturated heterocycles. The number of nitrogens with two attached hydrogens (primary N) is 1. The Morgan fingerprint density at radius 3 is 2.08 bits per heavy atom. The van der Waals surface area contributed by atoms with Gasteiger partial charge in [0.1, 0.15) is 6.61 Å². The van der Waals surface area contributed by atoms with Gasteiger partial charge in [-0.3, -0.25) is 0 Å². The number of nitrogen functional groups attached to an aromatic ring is 1. The van der Waals surface area contributed by atoms with Gasteiger partial charge in [-0.05, 0) is 24.7 Å². The molecular formula is C27H36F2N6O3. The van der Waals surface area contributed by atoms with Crippen LogP contribution in [-0.2, 0) is 6.61 Å². The topological polar surface area (TPSA) is 98.0 Å². The number of aromatic nitrogens is 2. The molecule has 0 atom stereocenters. The normalized spacial score (nSPS) is 13.4. The van der Waals surface area contributed by atoms with Crippen molar-refractivity contribution in [3.05, 3.63) is 53.9 Å². The number of nitrogens with one attached hydrogen (secondary N) is 1. The lowest BCUT2D eigenvalue weighted by atomic mass is 10.1. The second-order valence-electron chi connectivity index (χ2n) is 8.24. The number of anilines is 4. The first-order chi connectivity index (χ1) is 18.4. The SMILES string of the molecule is CC.CCN1CCN(c2ccc(Nc3ncc(OCc4c(F)c(OC)cc(OC)c4F)cn3)c(N)c2)CC1. The second-order valence-corrected chi connectivity index (χ2v) is 8.24. The summed E-state index contributed by atoms with van der Waals surface area (Å²) in [7, 11) is 2.57. The summed E-state index contributed by atoms with van der Waals surface area (Å²) in [5.41, 5.74) is 8.28. The molecule has 0 bridgehead atoms. The zero-order chi connectivity index (χ0) is 27.7. The van der Waals surface area contributed by atoms with Gasteiger partial charge in [0.05, 0.1) is 43.6 Å². The molecule has 2 heterocycles. The van der Waals surface area contributed by atoms with Crippen LogP contribution >= 0.6 is 0 Å². The van der Waals surface area contributed by atoms with Gasteiger partial charge in [0, 0.05) is 37.9 Å². The predicted octanol–water partition coefficient (Wildman–Crippen LogP) is 4.84. The molecule has 1 aromatic heterocycles. The van der Waals surface area contributed by atoms with Crippen molar-refractivity contribution in [2.75, 3.05) is 62.9 Å². The molecule has 1 aliphatic heterocycles. The third-order valence-electron chi connectivity index (χ3n) is 6.14. The van der Waals surface area contributed by atoms with E-state index in [2.05, 4.69) is 32.0 Å². The molecule has 0 unspecified atom stereocenters. The van der Waals surface area contributed by atoms with Crippen LogP contribution in [0, 0.1) is 11.6 Å². The van der Waals surface area contributed by atoms with Crippen molar-refractivity contribution in [3.63, 3.8) is 0 Å². The summed E-state index contributed by atoms with van der Waals surface area (Å²) < 4.78 is 44.4. The lowest BCUT2D eigenvalue weighted by molar-refractivity contribution is 0.271. The molecule has 0 aliphatic carbocycles. The van der Waals surface area contributed by atoms with E-state index in [1.54, 1.807) is 0 Å². The van der Waals surface area contributed by atoms with Gasteiger partial charge in [0.2, 0.25) is 5.95 Å². The number of rotatable bonds is 9.